The van der Waals surface area contributed by atoms with Crippen LogP contribution in [-0.4, -0.2) is 0 Å². The molecule has 1 aliphatic heterocycles. The fourth-order valence-electron chi connectivity index (χ4n) is 7.36. The summed E-state index contributed by atoms with van der Waals surface area (Å²) in [6.07, 6.45) is 0. The van der Waals surface area contributed by atoms with Crippen molar-refractivity contribution in [2.24, 2.45) is 0 Å². The van der Waals surface area contributed by atoms with Crippen LogP contribution in [0.1, 0.15) is 0 Å². The normalized spacial score (nSPS) is 12.0. The number of anilines is 6. The van der Waals surface area contributed by atoms with Gasteiger partial charge in [0.15, 0.2) is 11.5 Å². The molecular formula is C48H32N2OS. The van der Waals surface area contributed by atoms with Gasteiger partial charge in [-0.15, -0.1) is 11.3 Å². The third kappa shape index (κ3) is 5.20. The molecule has 0 fully saturated rings. The highest BCUT2D eigenvalue weighted by atomic mass is 32.1. The Hall–Kier alpha value is -6.62. The van der Waals surface area contributed by atoms with Gasteiger partial charge in [0.2, 0.25) is 0 Å². The number of ether oxygens (including phenoxy) is 1. The van der Waals surface area contributed by atoms with Crippen LogP contribution in [0.2, 0.25) is 0 Å². The molecule has 8 aromatic carbocycles. The Morgan fingerprint density at radius 1 is 0.423 bits per heavy atom. The van der Waals surface area contributed by atoms with Crippen LogP contribution < -0.4 is 14.5 Å². The SMILES string of the molecule is c1ccc(-c2ccc(N(c3ccc(-c4ccc5c(c4)Oc4ccccc4N5c4ccccc4)cc3)c3cccc4c3sc3ccccc34)cc2)cc1. The first-order chi connectivity index (χ1) is 25.8. The molecule has 3 nitrogen and oxygen atoms in total. The van der Waals surface area contributed by atoms with Gasteiger partial charge in [-0.05, 0) is 95.1 Å². The molecule has 4 heteroatoms. The summed E-state index contributed by atoms with van der Waals surface area (Å²) in [6, 6.07) is 69.0. The molecule has 9 aromatic rings. The summed E-state index contributed by atoms with van der Waals surface area (Å²) < 4.78 is 9.09. The van der Waals surface area contributed by atoms with E-state index in [9.17, 15) is 0 Å². The molecular weight excluding hydrogens is 653 g/mol. The Kier molecular flexibility index (Phi) is 7.33. The molecule has 1 aromatic heterocycles. The Balaban J connectivity index is 1.06. The number of benzene rings is 8. The van der Waals surface area contributed by atoms with Gasteiger partial charge >= 0.3 is 0 Å². The minimum absolute atomic E-state index is 0.834. The van der Waals surface area contributed by atoms with Crippen molar-refractivity contribution in [1.29, 1.82) is 0 Å². The molecule has 0 spiro atoms. The van der Waals surface area contributed by atoms with E-state index in [1.807, 2.05) is 29.5 Å². The molecule has 0 aliphatic carbocycles. The number of hydrogen-bond donors (Lipinski definition) is 0. The van der Waals surface area contributed by atoms with E-state index in [-0.39, 0.29) is 0 Å². The van der Waals surface area contributed by atoms with Crippen molar-refractivity contribution >= 4 is 65.6 Å². The third-order valence-electron chi connectivity index (χ3n) is 9.86. The van der Waals surface area contributed by atoms with Crippen molar-refractivity contribution in [1.82, 2.24) is 0 Å². The largest absolute Gasteiger partial charge is 0.453 e. The molecule has 0 saturated carbocycles. The molecule has 0 amide bonds. The van der Waals surface area contributed by atoms with Crippen LogP contribution in [0, 0.1) is 0 Å². The number of rotatable bonds is 6. The minimum atomic E-state index is 0.834. The minimum Gasteiger partial charge on any atom is -0.453 e. The monoisotopic (exact) mass is 684 g/mol. The van der Waals surface area contributed by atoms with Crippen LogP contribution in [0.5, 0.6) is 11.5 Å². The maximum absolute atomic E-state index is 6.53. The van der Waals surface area contributed by atoms with Gasteiger partial charge in [-0.1, -0.05) is 121 Å². The Labute approximate surface area is 306 Å². The average Bonchev–Trinajstić information content (AvgIpc) is 3.61. The number of hydrogen-bond acceptors (Lipinski definition) is 4. The predicted molar refractivity (Wildman–Crippen MR) is 220 cm³/mol. The standard InChI is InChI=1S/C48H32N2OS/c1-3-12-33(13-4-1)34-22-27-38(28-23-34)49(44-19-11-17-41-40-16-7-10-21-47(40)52-48(41)44)39-29-24-35(25-30-39)36-26-31-43-46(32-36)51-45-20-9-8-18-42(45)50(43)37-14-5-2-6-15-37/h1-32H. The second kappa shape index (κ2) is 12.6. The van der Waals surface area contributed by atoms with Crippen molar-refractivity contribution in [2.75, 3.05) is 9.80 Å². The van der Waals surface area contributed by atoms with E-state index < -0.39 is 0 Å². The maximum atomic E-state index is 6.53. The van der Waals surface area contributed by atoms with Crippen molar-refractivity contribution in [3.8, 4) is 33.8 Å². The summed E-state index contributed by atoms with van der Waals surface area (Å²) in [5.74, 6) is 1.68. The molecule has 0 bridgehead atoms. The van der Waals surface area contributed by atoms with Gasteiger partial charge < -0.3 is 14.5 Å². The maximum Gasteiger partial charge on any atom is 0.152 e. The summed E-state index contributed by atoms with van der Waals surface area (Å²) in [5.41, 5.74) is 11.2. The van der Waals surface area contributed by atoms with Gasteiger partial charge in [0, 0.05) is 32.5 Å². The lowest BCUT2D eigenvalue weighted by Gasteiger charge is -2.33. The third-order valence-corrected chi connectivity index (χ3v) is 11.1. The van der Waals surface area contributed by atoms with E-state index in [0.717, 1.165) is 51.1 Å². The number of nitrogens with zero attached hydrogens (tertiary/aromatic N) is 2. The second-order valence-corrected chi connectivity index (χ2v) is 14.0. The number of para-hydroxylation sites is 3. The fourth-order valence-corrected chi connectivity index (χ4v) is 8.57. The Morgan fingerprint density at radius 2 is 1.00 bits per heavy atom. The zero-order chi connectivity index (χ0) is 34.4. The highest BCUT2D eigenvalue weighted by Gasteiger charge is 2.26. The first-order valence-electron chi connectivity index (χ1n) is 17.5. The summed E-state index contributed by atoms with van der Waals surface area (Å²) >= 11 is 1.85. The lowest BCUT2D eigenvalue weighted by atomic mass is 10.0. The van der Waals surface area contributed by atoms with E-state index in [4.69, 9.17) is 4.74 Å². The fraction of sp³-hybridized carbons (Fsp3) is 0. The highest BCUT2D eigenvalue weighted by molar-refractivity contribution is 7.26. The van der Waals surface area contributed by atoms with Gasteiger partial charge in [-0.3, -0.25) is 0 Å². The number of fused-ring (bicyclic) bond motifs is 5. The van der Waals surface area contributed by atoms with Gasteiger partial charge in [-0.25, -0.2) is 0 Å². The molecule has 1 aliphatic rings. The van der Waals surface area contributed by atoms with Crippen LogP contribution in [0.15, 0.2) is 194 Å². The van der Waals surface area contributed by atoms with Gasteiger partial charge in [0.1, 0.15) is 0 Å². The number of thiophene rings is 1. The molecule has 52 heavy (non-hydrogen) atoms. The average molecular weight is 685 g/mol. The summed E-state index contributed by atoms with van der Waals surface area (Å²) in [7, 11) is 0. The topological polar surface area (TPSA) is 15.7 Å². The molecule has 246 valence electrons. The zero-order valence-electron chi connectivity index (χ0n) is 28.2. The van der Waals surface area contributed by atoms with Crippen LogP contribution in [0.4, 0.5) is 34.1 Å². The molecule has 0 N–H and O–H groups in total. The highest BCUT2D eigenvalue weighted by Crippen LogP contribution is 2.51. The van der Waals surface area contributed by atoms with Crippen LogP contribution in [0.25, 0.3) is 42.4 Å². The lowest BCUT2D eigenvalue weighted by Crippen LogP contribution is -2.15. The van der Waals surface area contributed by atoms with E-state index in [2.05, 4.69) is 186 Å². The zero-order valence-corrected chi connectivity index (χ0v) is 29.0. The molecule has 0 radical (unpaired) electrons. The van der Waals surface area contributed by atoms with E-state index in [1.165, 1.54) is 37.0 Å². The Bertz CT molecular complexity index is 2700. The van der Waals surface area contributed by atoms with Crippen molar-refractivity contribution in [3.63, 3.8) is 0 Å². The van der Waals surface area contributed by atoms with Crippen molar-refractivity contribution < 1.29 is 4.74 Å². The van der Waals surface area contributed by atoms with Crippen molar-refractivity contribution in [2.45, 2.75) is 0 Å². The first-order valence-corrected chi connectivity index (χ1v) is 18.3. The molecule has 0 saturated heterocycles. The first kappa shape index (κ1) is 30.2. The van der Waals surface area contributed by atoms with Crippen molar-refractivity contribution in [3.05, 3.63) is 194 Å². The van der Waals surface area contributed by atoms with Gasteiger partial charge in [-0.2, -0.15) is 0 Å². The molecule has 10 rings (SSSR count). The van der Waals surface area contributed by atoms with E-state index in [0.29, 0.717) is 0 Å². The second-order valence-electron chi connectivity index (χ2n) is 13.0. The summed E-state index contributed by atoms with van der Waals surface area (Å²) in [5, 5.41) is 2.57. The van der Waals surface area contributed by atoms with Gasteiger partial charge in [0.25, 0.3) is 0 Å². The van der Waals surface area contributed by atoms with Gasteiger partial charge in [0.05, 0.1) is 21.8 Å². The van der Waals surface area contributed by atoms with E-state index >= 15 is 0 Å². The quantitative estimate of drug-likeness (QED) is 0.173. The molecule has 0 atom stereocenters. The van der Waals surface area contributed by atoms with Crippen LogP contribution in [0.3, 0.4) is 0 Å². The predicted octanol–water partition coefficient (Wildman–Crippen LogP) is 14.4. The lowest BCUT2D eigenvalue weighted by molar-refractivity contribution is 0.477. The Morgan fingerprint density at radius 3 is 1.77 bits per heavy atom. The molecule has 0 unspecified atom stereocenters. The summed E-state index contributed by atoms with van der Waals surface area (Å²) in [4.78, 5) is 4.66. The van der Waals surface area contributed by atoms with Crippen LogP contribution >= 0.6 is 11.3 Å². The summed E-state index contributed by atoms with van der Waals surface area (Å²) in [6.45, 7) is 0. The molecule has 2 heterocycles. The van der Waals surface area contributed by atoms with E-state index in [1.54, 1.807) is 0 Å². The van der Waals surface area contributed by atoms with Crippen LogP contribution in [-0.2, 0) is 0 Å². The smallest absolute Gasteiger partial charge is 0.152 e.